The van der Waals surface area contributed by atoms with E-state index in [-0.39, 0.29) is 11.9 Å². The zero-order valence-corrected chi connectivity index (χ0v) is 6.62. The quantitative estimate of drug-likeness (QED) is 0.585. The maximum Gasteiger partial charge on any atom is 0.235 e. The van der Waals surface area contributed by atoms with Gasteiger partial charge >= 0.3 is 0 Å². The van der Waals surface area contributed by atoms with Crippen molar-refractivity contribution < 1.29 is 4.79 Å². The predicted octanol–water partition coefficient (Wildman–Crippen LogP) is 0.122. The van der Waals surface area contributed by atoms with Gasteiger partial charge < -0.3 is 5.73 Å². The highest BCUT2D eigenvalue weighted by Gasteiger charge is 2.26. The minimum absolute atomic E-state index is 0.110. The Kier molecular flexibility index (Phi) is 2.65. The number of likely N-dealkylation sites (tertiary alicyclic amines) is 1. The average molecular weight is 154 g/mol. The molecule has 0 bridgehead atoms. The van der Waals surface area contributed by atoms with Crippen molar-refractivity contribution in [3.05, 3.63) is 12.7 Å². The zero-order chi connectivity index (χ0) is 8.27. The Bertz CT molecular complexity index is 163. The largest absolute Gasteiger partial charge is 0.368 e. The highest BCUT2D eigenvalue weighted by Crippen LogP contribution is 2.13. The number of carbonyl (C=O) groups is 1. The molecule has 1 atom stereocenters. The van der Waals surface area contributed by atoms with Crippen LogP contribution in [0, 0.1) is 0 Å². The topological polar surface area (TPSA) is 46.3 Å². The molecule has 1 rings (SSSR count). The molecule has 1 unspecified atom stereocenters. The van der Waals surface area contributed by atoms with E-state index >= 15 is 0 Å². The van der Waals surface area contributed by atoms with Gasteiger partial charge in [0.1, 0.15) is 0 Å². The first-order valence-corrected chi connectivity index (χ1v) is 3.90. The van der Waals surface area contributed by atoms with Gasteiger partial charge in [0.05, 0.1) is 6.04 Å². The van der Waals surface area contributed by atoms with E-state index in [0.29, 0.717) is 6.42 Å². The molecule has 3 heteroatoms. The number of rotatable bonds is 4. The molecule has 1 fully saturated rings. The molecule has 0 aromatic carbocycles. The number of amides is 1. The second kappa shape index (κ2) is 3.53. The van der Waals surface area contributed by atoms with Gasteiger partial charge in [0.15, 0.2) is 0 Å². The molecule has 0 saturated carbocycles. The summed E-state index contributed by atoms with van der Waals surface area (Å²) in [5.41, 5.74) is 5.20. The second-order valence-electron chi connectivity index (χ2n) is 2.83. The molecule has 62 valence electrons. The summed E-state index contributed by atoms with van der Waals surface area (Å²) in [6, 6.07) is -0.110. The van der Waals surface area contributed by atoms with Crippen LogP contribution in [0.25, 0.3) is 0 Å². The van der Waals surface area contributed by atoms with Crippen molar-refractivity contribution in [2.24, 2.45) is 5.73 Å². The third-order valence-corrected chi connectivity index (χ3v) is 2.05. The standard InChI is InChI=1S/C8H14N2O/c1-2-4-7(8(9)11)10-5-3-6-10/h2,7H,1,3-6H2,(H2,9,11). The lowest BCUT2D eigenvalue weighted by atomic mass is 10.1. The van der Waals surface area contributed by atoms with Crippen molar-refractivity contribution in [2.45, 2.75) is 18.9 Å². The van der Waals surface area contributed by atoms with Crippen LogP contribution in [0.15, 0.2) is 12.7 Å². The molecule has 1 aliphatic heterocycles. The van der Waals surface area contributed by atoms with Crippen LogP contribution in [-0.4, -0.2) is 29.9 Å². The van der Waals surface area contributed by atoms with Gasteiger partial charge in [0.25, 0.3) is 0 Å². The van der Waals surface area contributed by atoms with Gasteiger partial charge in [-0.15, -0.1) is 6.58 Å². The van der Waals surface area contributed by atoms with Gasteiger partial charge in [0.2, 0.25) is 5.91 Å². The molecule has 2 N–H and O–H groups in total. The first-order valence-electron chi connectivity index (χ1n) is 3.90. The Hall–Kier alpha value is -0.830. The Morgan fingerprint density at radius 2 is 2.36 bits per heavy atom. The molecule has 1 saturated heterocycles. The molecular weight excluding hydrogens is 140 g/mol. The summed E-state index contributed by atoms with van der Waals surface area (Å²) in [5, 5.41) is 0. The summed E-state index contributed by atoms with van der Waals surface area (Å²) < 4.78 is 0. The van der Waals surface area contributed by atoms with Crippen molar-refractivity contribution in [3.8, 4) is 0 Å². The van der Waals surface area contributed by atoms with Gasteiger partial charge in [-0.1, -0.05) is 6.08 Å². The summed E-state index contributed by atoms with van der Waals surface area (Å²) in [7, 11) is 0. The summed E-state index contributed by atoms with van der Waals surface area (Å²) in [4.78, 5) is 12.9. The Balaban J connectivity index is 2.43. The fraction of sp³-hybridized carbons (Fsp3) is 0.625. The maximum absolute atomic E-state index is 10.9. The molecule has 11 heavy (non-hydrogen) atoms. The van der Waals surface area contributed by atoms with Crippen LogP contribution in [0.5, 0.6) is 0 Å². The lowest BCUT2D eigenvalue weighted by Gasteiger charge is -2.36. The molecule has 3 nitrogen and oxygen atoms in total. The van der Waals surface area contributed by atoms with E-state index in [1.165, 1.54) is 6.42 Å². The van der Waals surface area contributed by atoms with Gasteiger partial charge in [-0.25, -0.2) is 0 Å². The molecule has 1 amide bonds. The smallest absolute Gasteiger partial charge is 0.235 e. The fourth-order valence-corrected chi connectivity index (χ4v) is 1.26. The Morgan fingerprint density at radius 1 is 1.73 bits per heavy atom. The Labute approximate surface area is 66.9 Å². The summed E-state index contributed by atoms with van der Waals surface area (Å²) >= 11 is 0. The molecular formula is C8H14N2O. The van der Waals surface area contributed by atoms with E-state index in [1.807, 2.05) is 0 Å². The monoisotopic (exact) mass is 154 g/mol. The molecule has 0 radical (unpaired) electrons. The molecule has 1 aliphatic rings. The van der Waals surface area contributed by atoms with Crippen LogP contribution in [0.2, 0.25) is 0 Å². The van der Waals surface area contributed by atoms with Gasteiger partial charge in [-0.2, -0.15) is 0 Å². The number of primary amides is 1. The molecule has 1 heterocycles. The lowest BCUT2D eigenvalue weighted by Crippen LogP contribution is -2.51. The molecule has 0 spiro atoms. The van der Waals surface area contributed by atoms with Crippen LogP contribution >= 0.6 is 0 Å². The van der Waals surface area contributed by atoms with Crippen molar-refractivity contribution in [1.82, 2.24) is 4.90 Å². The summed E-state index contributed by atoms with van der Waals surface area (Å²) in [6.07, 6.45) is 3.60. The maximum atomic E-state index is 10.9. The zero-order valence-electron chi connectivity index (χ0n) is 6.62. The predicted molar refractivity (Wildman–Crippen MR) is 44.0 cm³/mol. The number of hydrogen-bond acceptors (Lipinski definition) is 2. The van der Waals surface area contributed by atoms with Crippen molar-refractivity contribution >= 4 is 5.91 Å². The Morgan fingerprint density at radius 3 is 2.64 bits per heavy atom. The number of carbonyl (C=O) groups excluding carboxylic acids is 1. The third kappa shape index (κ3) is 1.80. The van der Waals surface area contributed by atoms with Crippen LogP contribution in [0.1, 0.15) is 12.8 Å². The van der Waals surface area contributed by atoms with Crippen LogP contribution < -0.4 is 5.73 Å². The normalized spacial score (nSPS) is 20.4. The van der Waals surface area contributed by atoms with E-state index in [4.69, 9.17) is 5.73 Å². The van der Waals surface area contributed by atoms with Crippen LogP contribution in [-0.2, 0) is 4.79 Å². The second-order valence-corrected chi connectivity index (χ2v) is 2.83. The minimum atomic E-state index is -0.232. The van der Waals surface area contributed by atoms with Crippen molar-refractivity contribution in [3.63, 3.8) is 0 Å². The third-order valence-electron chi connectivity index (χ3n) is 2.05. The van der Waals surface area contributed by atoms with E-state index < -0.39 is 0 Å². The van der Waals surface area contributed by atoms with Crippen molar-refractivity contribution in [2.75, 3.05) is 13.1 Å². The molecule has 0 aromatic heterocycles. The van der Waals surface area contributed by atoms with Gasteiger partial charge in [0, 0.05) is 13.1 Å². The van der Waals surface area contributed by atoms with E-state index in [0.717, 1.165) is 13.1 Å². The summed E-state index contributed by atoms with van der Waals surface area (Å²) in [5.74, 6) is -0.232. The molecule has 0 aromatic rings. The number of hydrogen-bond donors (Lipinski definition) is 1. The van der Waals surface area contributed by atoms with Gasteiger partial charge in [-0.3, -0.25) is 9.69 Å². The highest BCUT2D eigenvalue weighted by molar-refractivity contribution is 5.80. The van der Waals surface area contributed by atoms with E-state index in [2.05, 4.69) is 11.5 Å². The molecule has 0 aliphatic carbocycles. The van der Waals surface area contributed by atoms with Gasteiger partial charge in [-0.05, 0) is 12.8 Å². The fourth-order valence-electron chi connectivity index (χ4n) is 1.26. The SMILES string of the molecule is C=CCC(C(N)=O)N1CCC1. The lowest BCUT2D eigenvalue weighted by molar-refractivity contribution is -0.124. The van der Waals surface area contributed by atoms with Crippen LogP contribution in [0.4, 0.5) is 0 Å². The highest BCUT2D eigenvalue weighted by atomic mass is 16.1. The minimum Gasteiger partial charge on any atom is -0.368 e. The average Bonchev–Trinajstić information content (AvgIpc) is 1.82. The first kappa shape index (κ1) is 8.27. The van der Waals surface area contributed by atoms with E-state index in [9.17, 15) is 4.79 Å². The number of nitrogens with zero attached hydrogens (tertiary/aromatic N) is 1. The first-order chi connectivity index (χ1) is 5.25. The number of nitrogens with two attached hydrogens (primary N) is 1. The van der Waals surface area contributed by atoms with E-state index in [1.54, 1.807) is 6.08 Å². The van der Waals surface area contributed by atoms with Crippen LogP contribution in [0.3, 0.4) is 0 Å². The van der Waals surface area contributed by atoms with Crippen molar-refractivity contribution in [1.29, 1.82) is 0 Å². The summed E-state index contributed by atoms with van der Waals surface area (Å²) in [6.45, 7) is 5.59.